The van der Waals surface area contributed by atoms with Crippen molar-refractivity contribution in [2.24, 2.45) is 0 Å². The van der Waals surface area contributed by atoms with Crippen LogP contribution in [0.4, 0.5) is 0 Å². The average Bonchev–Trinajstić information content (AvgIpc) is 2.41. The molecule has 0 amide bonds. The van der Waals surface area contributed by atoms with Crippen molar-refractivity contribution in [3.8, 4) is 0 Å². The number of hydrogen-bond acceptors (Lipinski definition) is 3. The van der Waals surface area contributed by atoms with E-state index >= 15 is 0 Å². The Labute approximate surface area is 123 Å². The predicted molar refractivity (Wildman–Crippen MR) is 81.2 cm³/mol. The Bertz CT molecular complexity index is 719. The lowest BCUT2D eigenvalue weighted by Gasteiger charge is -2.08. The first-order chi connectivity index (χ1) is 8.95. The molecule has 2 aromatic rings. The largest absolute Gasteiger partial charge is 0.265 e. The van der Waals surface area contributed by atoms with Gasteiger partial charge in [-0.1, -0.05) is 12.1 Å². The molecule has 0 aliphatic heterocycles. The van der Waals surface area contributed by atoms with Crippen molar-refractivity contribution >= 4 is 31.0 Å². The molecule has 2 rings (SSSR count). The van der Waals surface area contributed by atoms with Gasteiger partial charge in [0.15, 0.2) is 21.2 Å². The Balaban J connectivity index is 2.58. The summed E-state index contributed by atoms with van der Waals surface area (Å²) >= 11 is -1.25. The van der Waals surface area contributed by atoms with E-state index in [1.807, 2.05) is 13.0 Å². The maximum Gasteiger partial charge on any atom is 0.206 e. The second-order valence-corrected chi connectivity index (χ2v) is 7.91. The van der Waals surface area contributed by atoms with Gasteiger partial charge >= 0.3 is 0 Å². The van der Waals surface area contributed by atoms with Crippen LogP contribution in [0.2, 0.25) is 0 Å². The highest BCUT2D eigenvalue weighted by Crippen LogP contribution is 2.25. The van der Waals surface area contributed by atoms with Gasteiger partial charge in [-0.2, -0.15) is 0 Å². The monoisotopic (exact) mass is 388 g/mol. The van der Waals surface area contributed by atoms with Crippen molar-refractivity contribution in [1.82, 2.24) is 0 Å². The Kier molecular flexibility index (Phi) is 4.15. The topological polar surface area (TPSA) is 51.2 Å². The van der Waals surface area contributed by atoms with Crippen molar-refractivity contribution in [2.45, 2.75) is 23.6 Å². The summed E-state index contributed by atoms with van der Waals surface area (Å²) in [5.74, 6) is 0. The standard InChI is InChI=1S/C14H13IO3S/c1-10-3-4-11(2)14(9-10)19(17,18)13-7-5-12(15-16)6-8-13/h3-9H,1-2H3. The zero-order valence-electron chi connectivity index (χ0n) is 10.6. The van der Waals surface area contributed by atoms with Gasteiger partial charge in [0.1, 0.15) is 0 Å². The number of aryl methyl sites for hydroxylation is 2. The minimum atomic E-state index is -3.51. The molecule has 3 nitrogen and oxygen atoms in total. The molecule has 0 saturated heterocycles. The van der Waals surface area contributed by atoms with E-state index in [-0.39, 0.29) is 4.90 Å². The molecule has 0 aliphatic rings. The zero-order chi connectivity index (χ0) is 14.0. The van der Waals surface area contributed by atoms with E-state index in [0.717, 1.165) is 11.1 Å². The highest BCUT2D eigenvalue weighted by atomic mass is 127. The molecule has 19 heavy (non-hydrogen) atoms. The van der Waals surface area contributed by atoms with E-state index in [4.69, 9.17) is 0 Å². The summed E-state index contributed by atoms with van der Waals surface area (Å²) in [5, 5.41) is 0. The summed E-state index contributed by atoms with van der Waals surface area (Å²) in [6, 6.07) is 11.6. The SMILES string of the molecule is Cc1ccc(C)c(S(=O)(=O)c2ccc(I=O)cc2)c1. The Morgan fingerprint density at radius 2 is 1.58 bits per heavy atom. The lowest BCUT2D eigenvalue weighted by Crippen LogP contribution is -2.04. The summed E-state index contributed by atoms with van der Waals surface area (Å²) in [6.07, 6.45) is 0. The van der Waals surface area contributed by atoms with Crippen LogP contribution in [-0.2, 0) is 12.9 Å². The first-order valence-corrected chi connectivity index (χ1v) is 9.09. The molecular formula is C14H13IO3S. The van der Waals surface area contributed by atoms with Gasteiger partial charge in [-0.05, 0) is 55.3 Å². The van der Waals surface area contributed by atoms with Crippen LogP contribution in [0.1, 0.15) is 11.1 Å². The summed E-state index contributed by atoms with van der Waals surface area (Å²) in [5.41, 5.74) is 1.64. The Morgan fingerprint density at radius 1 is 0.947 bits per heavy atom. The molecular weight excluding hydrogens is 375 g/mol. The summed E-state index contributed by atoms with van der Waals surface area (Å²) in [6.45, 7) is 3.65. The normalized spacial score (nSPS) is 11.5. The lowest BCUT2D eigenvalue weighted by atomic mass is 10.2. The third-order valence-electron chi connectivity index (χ3n) is 2.85. The number of sulfone groups is 1. The van der Waals surface area contributed by atoms with Gasteiger partial charge < -0.3 is 0 Å². The van der Waals surface area contributed by atoms with Gasteiger partial charge in [-0.3, -0.25) is 3.07 Å². The van der Waals surface area contributed by atoms with Crippen molar-refractivity contribution in [1.29, 1.82) is 0 Å². The quantitative estimate of drug-likeness (QED) is 0.755. The molecule has 0 aliphatic carbocycles. The molecule has 0 spiro atoms. The van der Waals surface area contributed by atoms with E-state index in [2.05, 4.69) is 0 Å². The van der Waals surface area contributed by atoms with Crippen molar-refractivity contribution < 1.29 is 11.5 Å². The molecule has 0 unspecified atom stereocenters. The number of benzene rings is 2. The highest BCUT2D eigenvalue weighted by Gasteiger charge is 2.19. The Morgan fingerprint density at radius 3 is 2.16 bits per heavy atom. The third-order valence-corrected chi connectivity index (χ3v) is 5.99. The third kappa shape index (κ3) is 2.92. The Hall–Kier alpha value is -1.08. The fourth-order valence-electron chi connectivity index (χ4n) is 1.79. The van der Waals surface area contributed by atoms with Crippen LogP contribution < -0.4 is 0 Å². The van der Waals surface area contributed by atoms with E-state index < -0.39 is 31.0 Å². The fourth-order valence-corrected chi connectivity index (χ4v) is 4.02. The molecule has 0 radical (unpaired) electrons. The van der Waals surface area contributed by atoms with Gasteiger partial charge in [-0.25, -0.2) is 8.42 Å². The second-order valence-electron chi connectivity index (χ2n) is 4.30. The molecule has 0 N–H and O–H groups in total. The summed E-state index contributed by atoms with van der Waals surface area (Å²) in [4.78, 5) is 0.569. The first kappa shape index (κ1) is 14.3. The van der Waals surface area contributed by atoms with Gasteiger partial charge in [0, 0.05) is 3.57 Å². The van der Waals surface area contributed by atoms with Gasteiger partial charge in [-0.15, -0.1) is 0 Å². The van der Waals surface area contributed by atoms with Crippen molar-refractivity contribution in [2.75, 3.05) is 0 Å². The second kappa shape index (κ2) is 5.50. The molecule has 0 heterocycles. The van der Waals surface area contributed by atoms with Crippen molar-refractivity contribution in [3.63, 3.8) is 0 Å². The highest BCUT2D eigenvalue weighted by molar-refractivity contribution is 14.1. The molecule has 0 saturated carbocycles. The van der Waals surface area contributed by atoms with Crippen LogP contribution in [0.5, 0.6) is 0 Å². The van der Waals surface area contributed by atoms with Crippen LogP contribution in [0, 0.1) is 17.4 Å². The van der Waals surface area contributed by atoms with Crippen molar-refractivity contribution in [3.05, 3.63) is 57.2 Å². The van der Waals surface area contributed by atoms with Gasteiger partial charge in [0.05, 0.1) is 9.79 Å². The van der Waals surface area contributed by atoms with E-state index in [9.17, 15) is 11.5 Å². The van der Waals surface area contributed by atoms with Crippen LogP contribution in [-0.4, -0.2) is 8.42 Å². The molecule has 0 fully saturated rings. The lowest BCUT2D eigenvalue weighted by molar-refractivity contribution is 0.595. The number of hydrogen-bond donors (Lipinski definition) is 0. The molecule has 2 aromatic carbocycles. The smallest absolute Gasteiger partial charge is 0.206 e. The van der Waals surface area contributed by atoms with E-state index in [1.165, 1.54) is 12.1 Å². The molecule has 5 heteroatoms. The van der Waals surface area contributed by atoms with Crippen LogP contribution in [0.25, 0.3) is 0 Å². The fraction of sp³-hybridized carbons (Fsp3) is 0.143. The molecule has 0 atom stereocenters. The first-order valence-electron chi connectivity index (χ1n) is 5.64. The summed E-state index contributed by atoms with van der Waals surface area (Å²) < 4.78 is 36.6. The van der Waals surface area contributed by atoms with Gasteiger partial charge in [0.25, 0.3) is 0 Å². The predicted octanol–water partition coefficient (Wildman–Crippen LogP) is 3.62. The maximum atomic E-state index is 12.5. The number of halogens is 1. The van der Waals surface area contributed by atoms with Gasteiger partial charge in [0.2, 0.25) is 9.84 Å². The maximum absolute atomic E-state index is 12.5. The van der Waals surface area contributed by atoms with Crippen LogP contribution >= 0.6 is 21.2 Å². The zero-order valence-corrected chi connectivity index (χ0v) is 13.5. The molecule has 0 bridgehead atoms. The minimum absolute atomic E-state index is 0.238. The molecule has 0 aromatic heterocycles. The minimum Gasteiger partial charge on any atom is -0.265 e. The van der Waals surface area contributed by atoms with E-state index in [0.29, 0.717) is 8.47 Å². The number of rotatable bonds is 3. The van der Waals surface area contributed by atoms with Crippen LogP contribution in [0.15, 0.2) is 52.3 Å². The average molecular weight is 388 g/mol. The molecule has 100 valence electrons. The summed E-state index contributed by atoms with van der Waals surface area (Å²) in [7, 11) is -3.51. The van der Waals surface area contributed by atoms with Crippen LogP contribution in [0.3, 0.4) is 0 Å². The van der Waals surface area contributed by atoms with E-state index in [1.54, 1.807) is 31.2 Å².